The first kappa shape index (κ1) is 13.4. The van der Waals surface area contributed by atoms with Crippen LogP contribution in [0.25, 0.3) is 0 Å². The summed E-state index contributed by atoms with van der Waals surface area (Å²) in [5.74, 6) is 0. The summed E-state index contributed by atoms with van der Waals surface area (Å²) < 4.78 is 6.83. The molecular formula is C10H17ClN2O2Si. The van der Waals surface area contributed by atoms with Crippen molar-refractivity contribution in [3.8, 4) is 0 Å². The lowest BCUT2D eigenvalue weighted by atomic mass is 10.6. The average Bonchev–Trinajstić information content (AvgIpc) is 2.13. The normalized spacial score (nSPS) is 11.8. The molecule has 0 saturated heterocycles. The highest BCUT2D eigenvalue weighted by atomic mass is 35.5. The van der Waals surface area contributed by atoms with Gasteiger partial charge >= 0.3 is 0 Å². The Morgan fingerprint density at radius 3 is 2.75 bits per heavy atom. The van der Waals surface area contributed by atoms with Crippen molar-refractivity contribution in [3.05, 3.63) is 27.9 Å². The van der Waals surface area contributed by atoms with Gasteiger partial charge in [0.15, 0.2) is 0 Å². The van der Waals surface area contributed by atoms with Crippen molar-refractivity contribution in [1.29, 1.82) is 0 Å². The predicted molar refractivity (Wildman–Crippen MR) is 67.6 cm³/mol. The molecule has 0 radical (unpaired) electrons. The molecule has 6 heteroatoms. The van der Waals surface area contributed by atoms with Crippen LogP contribution in [-0.4, -0.2) is 24.2 Å². The predicted octanol–water partition coefficient (Wildman–Crippen LogP) is 2.21. The highest BCUT2D eigenvalue weighted by Crippen LogP contribution is 2.07. The molecule has 1 heterocycles. The molecule has 0 saturated carbocycles. The van der Waals surface area contributed by atoms with Crippen molar-refractivity contribution in [2.24, 2.45) is 0 Å². The first-order chi connectivity index (χ1) is 7.38. The Kier molecular flexibility index (Phi) is 4.70. The Morgan fingerprint density at radius 2 is 2.19 bits per heavy atom. The average molecular weight is 261 g/mol. The van der Waals surface area contributed by atoms with Crippen LogP contribution in [0.15, 0.2) is 17.2 Å². The first-order valence-corrected chi connectivity index (χ1v) is 9.27. The third-order valence-electron chi connectivity index (χ3n) is 2.07. The fourth-order valence-corrected chi connectivity index (χ4v) is 1.94. The summed E-state index contributed by atoms with van der Waals surface area (Å²) in [4.78, 5) is 15.2. The molecule has 0 aliphatic rings. The maximum atomic E-state index is 11.4. The van der Waals surface area contributed by atoms with Crippen LogP contribution >= 0.6 is 11.6 Å². The van der Waals surface area contributed by atoms with Gasteiger partial charge in [-0.05, 0) is 6.04 Å². The molecule has 90 valence electrons. The Hall–Kier alpha value is -0.653. The van der Waals surface area contributed by atoms with Gasteiger partial charge in [-0.25, -0.2) is 4.98 Å². The Bertz CT molecular complexity index is 401. The number of aromatic nitrogens is 2. The van der Waals surface area contributed by atoms with Crippen molar-refractivity contribution in [2.45, 2.75) is 32.4 Å². The molecule has 0 atom stereocenters. The van der Waals surface area contributed by atoms with Crippen molar-refractivity contribution < 1.29 is 4.74 Å². The Labute approximate surface area is 101 Å². The van der Waals surface area contributed by atoms with Gasteiger partial charge < -0.3 is 4.74 Å². The maximum absolute atomic E-state index is 11.4. The molecule has 0 aliphatic heterocycles. The van der Waals surface area contributed by atoms with Gasteiger partial charge in [-0.1, -0.05) is 31.2 Å². The minimum absolute atomic E-state index is 0.187. The number of nitrogens with zero attached hydrogens (tertiary/aromatic N) is 2. The molecule has 0 unspecified atom stereocenters. The molecule has 1 aromatic heterocycles. The second-order valence-corrected chi connectivity index (χ2v) is 10.9. The molecule has 0 aromatic carbocycles. The van der Waals surface area contributed by atoms with E-state index in [0.29, 0.717) is 6.61 Å². The number of halogens is 1. The van der Waals surface area contributed by atoms with Gasteiger partial charge in [0.1, 0.15) is 18.2 Å². The molecule has 0 spiro atoms. The quantitative estimate of drug-likeness (QED) is 0.463. The number of ether oxygens (including phenoxy) is 1. The summed E-state index contributed by atoms with van der Waals surface area (Å²) in [6.07, 6.45) is 1.40. The maximum Gasteiger partial charge on any atom is 0.256 e. The summed E-state index contributed by atoms with van der Waals surface area (Å²) in [5.41, 5.74) is -0.187. The Morgan fingerprint density at radius 1 is 1.50 bits per heavy atom. The van der Waals surface area contributed by atoms with E-state index in [2.05, 4.69) is 24.6 Å². The SMILES string of the molecule is C[Si](C)(C)CCOCn1cnc(Cl)cc1=O. The fraction of sp³-hybridized carbons (Fsp3) is 0.600. The topological polar surface area (TPSA) is 44.1 Å². The largest absolute Gasteiger partial charge is 0.361 e. The molecule has 0 aliphatic carbocycles. The molecule has 4 nitrogen and oxygen atoms in total. The molecule has 0 bridgehead atoms. The molecule has 0 amide bonds. The van der Waals surface area contributed by atoms with Gasteiger partial charge in [-0.2, -0.15) is 0 Å². The van der Waals surface area contributed by atoms with Gasteiger partial charge in [0, 0.05) is 20.7 Å². The third kappa shape index (κ3) is 4.91. The van der Waals surface area contributed by atoms with Crippen LogP contribution in [-0.2, 0) is 11.5 Å². The lowest BCUT2D eigenvalue weighted by molar-refractivity contribution is 0.0840. The van der Waals surface area contributed by atoms with E-state index in [4.69, 9.17) is 16.3 Å². The van der Waals surface area contributed by atoms with Crippen LogP contribution in [0.4, 0.5) is 0 Å². The van der Waals surface area contributed by atoms with E-state index in [0.717, 1.165) is 6.04 Å². The second-order valence-electron chi connectivity index (χ2n) is 4.87. The zero-order valence-corrected chi connectivity index (χ0v) is 11.6. The van der Waals surface area contributed by atoms with E-state index < -0.39 is 8.07 Å². The van der Waals surface area contributed by atoms with E-state index in [1.165, 1.54) is 17.0 Å². The molecule has 1 aromatic rings. The molecule has 16 heavy (non-hydrogen) atoms. The summed E-state index contributed by atoms with van der Waals surface area (Å²) in [7, 11) is -1.07. The number of hydrogen-bond acceptors (Lipinski definition) is 3. The van der Waals surface area contributed by atoms with Crippen LogP contribution < -0.4 is 5.56 Å². The minimum Gasteiger partial charge on any atom is -0.361 e. The number of rotatable bonds is 5. The summed E-state index contributed by atoms with van der Waals surface area (Å²) in [6.45, 7) is 7.78. The van der Waals surface area contributed by atoms with Crippen molar-refractivity contribution in [3.63, 3.8) is 0 Å². The molecule has 0 fully saturated rings. The lowest BCUT2D eigenvalue weighted by Gasteiger charge is -2.15. The fourth-order valence-electron chi connectivity index (χ4n) is 1.04. The van der Waals surface area contributed by atoms with E-state index in [1.807, 2.05) is 0 Å². The highest BCUT2D eigenvalue weighted by Gasteiger charge is 2.11. The first-order valence-electron chi connectivity index (χ1n) is 5.18. The lowest BCUT2D eigenvalue weighted by Crippen LogP contribution is -2.24. The standard InChI is InChI=1S/C10H17ClN2O2Si/c1-16(2,3)5-4-15-8-13-7-12-9(11)6-10(13)14/h6-7H,4-5,8H2,1-3H3. The molecule has 0 N–H and O–H groups in total. The highest BCUT2D eigenvalue weighted by molar-refractivity contribution is 6.76. The van der Waals surface area contributed by atoms with Crippen LogP contribution in [0.5, 0.6) is 0 Å². The smallest absolute Gasteiger partial charge is 0.256 e. The summed E-state index contributed by atoms with van der Waals surface area (Å²) >= 11 is 5.58. The zero-order chi connectivity index (χ0) is 12.2. The van der Waals surface area contributed by atoms with Gasteiger partial charge in [0.2, 0.25) is 0 Å². The van der Waals surface area contributed by atoms with Crippen LogP contribution in [0.2, 0.25) is 30.8 Å². The minimum atomic E-state index is -1.07. The van der Waals surface area contributed by atoms with E-state index in [9.17, 15) is 4.79 Å². The summed E-state index contributed by atoms with van der Waals surface area (Å²) in [6, 6.07) is 2.37. The van der Waals surface area contributed by atoms with Crippen molar-refractivity contribution in [1.82, 2.24) is 9.55 Å². The van der Waals surface area contributed by atoms with Crippen molar-refractivity contribution >= 4 is 19.7 Å². The van der Waals surface area contributed by atoms with Gasteiger partial charge in [-0.3, -0.25) is 9.36 Å². The monoisotopic (exact) mass is 260 g/mol. The van der Waals surface area contributed by atoms with E-state index in [1.54, 1.807) is 0 Å². The second kappa shape index (κ2) is 5.61. The number of hydrogen-bond donors (Lipinski definition) is 0. The van der Waals surface area contributed by atoms with Gasteiger partial charge in [0.25, 0.3) is 5.56 Å². The molecular weight excluding hydrogens is 244 g/mol. The van der Waals surface area contributed by atoms with Crippen molar-refractivity contribution in [2.75, 3.05) is 6.61 Å². The third-order valence-corrected chi connectivity index (χ3v) is 3.98. The van der Waals surface area contributed by atoms with Gasteiger partial charge in [0.05, 0.1) is 0 Å². The zero-order valence-electron chi connectivity index (χ0n) is 9.86. The van der Waals surface area contributed by atoms with E-state index in [-0.39, 0.29) is 17.4 Å². The summed E-state index contributed by atoms with van der Waals surface area (Å²) in [5, 5.41) is 0.211. The van der Waals surface area contributed by atoms with Crippen LogP contribution in [0, 0.1) is 0 Å². The van der Waals surface area contributed by atoms with Gasteiger partial charge in [-0.15, -0.1) is 0 Å². The van der Waals surface area contributed by atoms with E-state index >= 15 is 0 Å². The molecule has 1 rings (SSSR count). The Balaban J connectivity index is 2.41. The van der Waals surface area contributed by atoms with Crippen LogP contribution in [0.1, 0.15) is 0 Å². The van der Waals surface area contributed by atoms with Crippen LogP contribution in [0.3, 0.4) is 0 Å².